The molecule has 4 rings (SSSR count). The van der Waals surface area contributed by atoms with E-state index in [2.05, 4.69) is 5.32 Å². The summed E-state index contributed by atoms with van der Waals surface area (Å²) in [7, 11) is 0. The van der Waals surface area contributed by atoms with E-state index in [0.717, 1.165) is 17.3 Å². The lowest BCUT2D eigenvalue weighted by Gasteiger charge is -2.36. The highest BCUT2D eigenvalue weighted by Crippen LogP contribution is 2.34. The Hall–Kier alpha value is -3.25. The molecule has 2 saturated heterocycles. The first-order valence-corrected chi connectivity index (χ1v) is 12.5. The predicted molar refractivity (Wildman–Crippen MR) is 137 cm³/mol. The molecule has 4 heterocycles. The van der Waals surface area contributed by atoms with Crippen molar-refractivity contribution >= 4 is 63.6 Å². The molecule has 1 N–H and O–H groups in total. The number of ether oxygens (including phenoxy) is 1. The second-order valence-corrected chi connectivity index (χ2v) is 9.65. The summed E-state index contributed by atoms with van der Waals surface area (Å²) in [4.78, 5) is 59.8. The Bertz CT molecular complexity index is 1320. The maximum Gasteiger partial charge on any atom is 0.308 e. The van der Waals surface area contributed by atoms with E-state index in [9.17, 15) is 19.2 Å². The highest BCUT2D eigenvalue weighted by atomic mass is 32.2. The molecule has 2 aromatic heterocycles. The third kappa shape index (κ3) is 4.67. The molecular weight excluding hydrogens is 490 g/mol. The van der Waals surface area contributed by atoms with Gasteiger partial charge >= 0.3 is 5.97 Å². The first kappa shape index (κ1) is 24.9. The van der Waals surface area contributed by atoms with Crippen LogP contribution in [-0.4, -0.2) is 68.7 Å². The van der Waals surface area contributed by atoms with E-state index in [0.29, 0.717) is 34.5 Å². The Morgan fingerprint density at radius 1 is 1.34 bits per heavy atom. The molecular formula is C23H25N5O5S2. The third-order valence-corrected chi connectivity index (χ3v) is 7.18. The maximum absolute atomic E-state index is 13.7. The van der Waals surface area contributed by atoms with Crippen LogP contribution >= 0.6 is 24.0 Å². The number of fused-ring (bicyclic) bond motifs is 1. The molecule has 0 aliphatic carbocycles. The maximum atomic E-state index is 13.7. The van der Waals surface area contributed by atoms with Crippen LogP contribution < -0.4 is 15.8 Å². The van der Waals surface area contributed by atoms with E-state index in [1.165, 1.54) is 15.4 Å². The molecule has 2 aliphatic rings. The fourth-order valence-electron chi connectivity index (χ4n) is 4.10. The average molecular weight is 516 g/mol. The van der Waals surface area contributed by atoms with Crippen molar-refractivity contribution in [3.05, 3.63) is 44.7 Å². The van der Waals surface area contributed by atoms with Gasteiger partial charge in [0.1, 0.15) is 21.8 Å². The fraction of sp³-hybridized carbons (Fsp3) is 0.391. The number of amides is 2. The summed E-state index contributed by atoms with van der Waals surface area (Å²) in [5.41, 5.74) is 0.939. The van der Waals surface area contributed by atoms with Crippen LogP contribution in [0.25, 0.3) is 11.7 Å². The van der Waals surface area contributed by atoms with E-state index in [4.69, 9.17) is 21.9 Å². The summed E-state index contributed by atoms with van der Waals surface area (Å²) in [6.07, 6.45) is 2.89. The van der Waals surface area contributed by atoms with Gasteiger partial charge in [-0.25, -0.2) is 4.98 Å². The predicted octanol–water partition coefficient (Wildman–Crippen LogP) is 1.48. The Kier molecular flexibility index (Phi) is 7.22. The number of nitrogens with zero attached hydrogens (tertiary/aromatic N) is 4. The lowest BCUT2D eigenvalue weighted by atomic mass is 10.1. The number of hydrogen-bond donors (Lipinski definition) is 1. The zero-order chi connectivity index (χ0) is 25.3. The van der Waals surface area contributed by atoms with Gasteiger partial charge in [0.15, 0.2) is 0 Å². The van der Waals surface area contributed by atoms with Crippen molar-refractivity contribution in [2.45, 2.75) is 33.2 Å². The molecule has 2 fully saturated rings. The topological polar surface area (TPSA) is 113 Å². The molecule has 10 nitrogen and oxygen atoms in total. The number of carbonyl (C=O) groups excluding carboxylic acids is 3. The number of hydrogen-bond acceptors (Lipinski definition) is 9. The van der Waals surface area contributed by atoms with Crippen molar-refractivity contribution in [1.29, 1.82) is 0 Å². The van der Waals surface area contributed by atoms with Crippen LogP contribution in [0.3, 0.4) is 0 Å². The molecule has 184 valence electrons. The first-order chi connectivity index (χ1) is 16.8. The number of carbonyl (C=O) groups is 3. The Labute approximate surface area is 211 Å². The normalized spacial score (nSPS) is 19.6. The molecule has 12 heteroatoms. The van der Waals surface area contributed by atoms with Crippen LogP contribution in [0.15, 0.2) is 28.0 Å². The SMILES string of the molecule is CCOC(=O)C[C@H]1C(=O)NCCN1c1nc2c(C)cccn2c(=O)c1/C=C1/SC(=S)N(CC)C1=O. The second kappa shape index (κ2) is 10.2. The smallest absolute Gasteiger partial charge is 0.308 e. The minimum absolute atomic E-state index is 0.147. The second-order valence-electron chi connectivity index (χ2n) is 7.97. The molecule has 0 unspecified atom stereocenters. The summed E-state index contributed by atoms with van der Waals surface area (Å²) in [5, 5.41) is 2.76. The van der Waals surface area contributed by atoms with Gasteiger partial charge in [-0.3, -0.25) is 28.5 Å². The zero-order valence-electron chi connectivity index (χ0n) is 19.6. The minimum Gasteiger partial charge on any atom is -0.466 e. The number of thiocarbonyl (C=S) groups is 1. The Morgan fingerprint density at radius 2 is 2.11 bits per heavy atom. The molecule has 2 aliphatic heterocycles. The number of anilines is 1. The minimum atomic E-state index is -0.918. The highest BCUT2D eigenvalue weighted by Gasteiger charge is 2.36. The number of piperazine rings is 1. The van der Waals surface area contributed by atoms with Gasteiger partial charge in [0, 0.05) is 25.8 Å². The number of likely N-dealkylation sites (N-methyl/N-ethyl adjacent to an activating group) is 1. The molecule has 0 bridgehead atoms. The van der Waals surface area contributed by atoms with Gasteiger partial charge in [0.2, 0.25) is 5.91 Å². The van der Waals surface area contributed by atoms with E-state index >= 15 is 0 Å². The highest BCUT2D eigenvalue weighted by molar-refractivity contribution is 8.26. The summed E-state index contributed by atoms with van der Waals surface area (Å²) >= 11 is 6.43. The Balaban J connectivity index is 1.91. The molecule has 1 atom stereocenters. The Morgan fingerprint density at radius 3 is 2.80 bits per heavy atom. The summed E-state index contributed by atoms with van der Waals surface area (Å²) in [5.74, 6) is -0.949. The van der Waals surface area contributed by atoms with Crippen LogP contribution in [0.1, 0.15) is 31.4 Å². The number of aryl methyl sites for hydroxylation is 1. The molecule has 0 spiro atoms. The largest absolute Gasteiger partial charge is 0.466 e. The monoisotopic (exact) mass is 515 g/mol. The van der Waals surface area contributed by atoms with Gasteiger partial charge in [-0.2, -0.15) is 0 Å². The van der Waals surface area contributed by atoms with E-state index in [-0.39, 0.29) is 36.2 Å². The van der Waals surface area contributed by atoms with Gasteiger partial charge in [0.25, 0.3) is 11.5 Å². The quantitative estimate of drug-likeness (QED) is 0.347. The van der Waals surface area contributed by atoms with Crippen LogP contribution in [0, 0.1) is 6.92 Å². The molecule has 35 heavy (non-hydrogen) atoms. The number of nitrogens with one attached hydrogen (secondary N) is 1. The van der Waals surface area contributed by atoms with Gasteiger partial charge in [0.05, 0.1) is 23.5 Å². The molecule has 0 aromatic carbocycles. The lowest BCUT2D eigenvalue weighted by Crippen LogP contribution is -2.57. The van der Waals surface area contributed by atoms with E-state index in [1.807, 2.05) is 19.9 Å². The lowest BCUT2D eigenvalue weighted by molar-refractivity contribution is -0.145. The summed E-state index contributed by atoms with van der Waals surface area (Å²) < 4.78 is 6.89. The van der Waals surface area contributed by atoms with Crippen LogP contribution in [0.5, 0.6) is 0 Å². The van der Waals surface area contributed by atoms with Crippen molar-refractivity contribution in [3.8, 4) is 0 Å². The molecule has 0 radical (unpaired) electrons. The third-order valence-electron chi connectivity index (χ3n) is 5.80. The van der Waals surface area contributed by atoms with Gasteiger partial charge in [-0.05, 0) is 38.5 Å². The molecule has 2 amide bonds. The van der Waals surface area contributed by atoms with Crippen LogP contribution in [0.2, 0.25) is 0 Å². The number of esters is 1. The number of aromatic nitrogens is 2. The first-order valence-electron chi connectivity index (χ1n) is 11.2. The zero-order valence-corrected chi connectivity index (χ0v) is 21.2. The molecule has 2 aromatic rings. The van der Waals surface area contributed by atoms with Gasteiger partial charge in [-0.15, -0.1) is 0 Å². The van der Waals surface area contributed by atoms with E-state index < -0.39 is 17.6 Å². The number of pyridine rings is 1. The van der Waals surface area contributed by atoms with Gasteiger partial charge in [-0.1, -0.05) is 30.0 Å². The van der Waals surface area contributed by atoms with Crippen molar-refractivity contribution < 1.29 is 19.1 Å². The number of thioether (sulfide) groups is 1. The van der Waals surface area contributed by atoms with Crippen molar-refractivity contribution in [2.75, 3.05) is 31.1 Å². The summed E-state index contributed by atoms with van der Waals surface area (Å²) in [6.45, 7) is 6.57. The van der Waals surface area contributed by atoms with Crippen molar-refractivity contribution in [2.24, 2.45) is 0 Å². The average Bonchev–Trinajstić information content (AvgIpc) is 3.09. The van der Waals surface area contributed by atoms with E-state index in [1.54, 1.807) is 24.1 Å². The van der Waals surface area contributed by atoms with Crippen LogP contribution in [0.4, 0.5) is 5.82 Å². The number of rotatable bonds is 6. The summed E-state index contributed by atoms with van der Waals surface area (Å²) in [6, 6.07) is 2.65. The van der Waals surface area contributed by atoms with Crippen LogP contribution in [-0.2, 0) is 19.1 Å². The standard InChI is InChI=1S/C23H25N5O5S2/c1-4-26-22(32)16(35-23(26)34)11-14-19(25-18-13(3)7-6-9-28(18)21(14)31)27-10-8-24-20(30)15(27)12-17(29)33-5-2/h6-7,9,11,15H,4-5,8,10,12H2,1-3H3,(H,24,30)/b16-11+/t15-/m0/s1. The van der Waals surface area contributed by atoms with Crippen molar-refractivity contribution in [1.82, 2.24) is 19.6 Å². The van der Waals surface area contributed by atoms with Gasteiger partial charge < -0.3 is 15.0 Å². The fourth-order valence-corrected chi connectivity index (χ4v) is 5.46. The molecule has 0 saturated carbocycles. The van der Waals surface area contributed by atoms with Crippen molar-refractivity contribution in [3.63, 3.8) is 0 Å².